The van der Waals surface area contributed by atoms with Crippen molar-refractivity contribution in [3.05, 3.63) is 0 Å². The molecule has 3 fully saturated rings. The van der Waals surface area contributed by atoms with Gasteiger partial charge in [-0.1, -0.05) is 13.3 Å². The Morgan fingerprint density at radius 3 is 1.45 bits per heavy atom. The highest BCUT2D eigenvalue weighted by atomic mass is 16.5. The monoisotopic (exact) mass is 658 g/mol. The van der Waals surface area contributed by atoms with Crippen LogP contribution in [0.3, 0.4) is 0 Å². The molecule has 0 aromatic carbocycles. The third-order valence-electron chi connectivity index (χ3n) is 11.8. The van der Waals surface area contributed by atoms with Crippen LogP contribution in [0.25, 0.3) is 0 Å². The van der Waals surface area contributed by atoms with E-state index in [4.69, 9.17) is 15.0 Å². The summed E-state index contributed by atoms with van der Waals surface area (Å²) in [6.45, 7) is 30.4. The number of hydroxylamine groups is 2. The summed E-state index contributed by atoms with van der Waals surface area (Å²) in [5.74, 6) is 2.27. The molecule has 1 aromatic heterocycles. The van der Waals surface area contributed by atoms with E-state index in [1.807, 2.05) is 0 Å². The van der Waals surface area contributed by atoms with E-state index in [1.165, 1.54) is 0 Å². The van der Waals surface area contributed by atoms with Gasteiger partial charge >= 0.3 is 0 Å². The fourth-order valence-electron chi connectivity index (χ4n) is 9.46. The molecular weight excluding hydrogens is 586 g/mol. The number of rotatable bonds is 9. The van der Waals surface area contributed by atoms with E-state index in [1.54, 1.807) is 5.06 Å². The molecule has 2 N–H and O–H groups in total. The molecule has 47 heavy (non-hydrogen) atoms. The first-order valence-electron chi connectivity index (χ1n) is 18.3. The number of aromatic nitrogens is 3. The molecule has 3 aliphatic heterocycles. The number of piperidine rings is 3. The van der Waals surface area contributed by atoms with Gasteiger partial charge in [-0.15, -0.1) is 0 Å². The lowest BCUT2D eigenvalue weighted by molar-refractivity contribution is -0.244. The van der Waals surface area contributed by atoms with E-state index in [-0.39, 0.29) is 45.3 Å². The normalized spacial score (nSPS) is 26.2. The van der Waals surface area contributed by atoms with Crippen molar-refractivity contribution in [2.75, 3.05) is 42.4 Å². The van der Waals surface area contributed by atoms with Crippen LogP contribution in [0.1, 0.15) is 141 Å². The van der Waals surface area contributed by atoms with Crippen molar-refractivity contribution in [3.63, 3.8) is 0 Å². The minimum Gasteiger partial charge on any atom is -0.341 e. The topological polar surface area (TPSA) is 87.1 Å². The molecule has 1 aromatic rings. The van der Waals surface area contributed by atoms with Gasteiger partial charge in [-0.05, 0) is 135 Å². The quantitative estimate of drug-likeness (QED) is 0.298. The van der Waals surface area contributed by atoms with Crippen LogP contribution in [0, 0.1) is 0 Å². The number of nitrogens with zero attached hydrogens (tertiary/aromatic N) is 8. The molecule has 0 amide bonds. The fourth-order valence-corrected chi connectivity index (χ4v) is 9.46. The fraction of sp³-hybridized carbons (Fsp3) is 0.919. The second kappa shape index (κ2) is 12.9. The van der Waals surface area contributed by atoms with Crippen molar-refractivity contribution in [2.45, 2.75) is 193 Å². The predicted molar refractivity (Wildman–Crippen MR) is 197 cm³/mol. The molecule has 0 unspecified atom stereocenters. The number of nitrogens with one attached hydrogen (secondary N) is 1. The van der Waals surface area contributed by atoms with E-state index in [9.17, 15) is 5.21 Å². The van der Waals surface area contributed by atoms with E-state index < -0.39 is 0 Å². The zero-order chi connectivity index (χ0) is 35.5. The maximum Gasteiger partial charge on any atom is 0.232 e. The zero-order valence-corrected chi connectivity index (χ0v) is 33.1. The number of unbranched alkanes of at least 4 members (excludes halogenated alkanes) is 1. The number of hydrogen-bond acceptors (Lipinski definition) is 10. The Balaban J connectivity index is 1.83. The molecule has 3 aliphatic rings. The minimum absolute atomic E-state index is 0.00401. The van der Waals surface area contributed by atoms with Gasteiger partial charge in [0.15, 0.2) is 0 Å². The highest BCUT2D eigenvalue weighted by Crippen LogP contribution is 2.42. The van der Waals surface area contributed by atoms with Gasteiger partial charge < -0.3 is 25.2 Å². The van der Waals surface area contributed by atoms with E-state index in [0.29, 0.717) is 6.04 Å². The number of anilines is 3. The van der Waals surface area contributed by atoms with Crippen LogP contribution in [-0.4, -0.2) is 109 Å². The van der Waals surface area contributed by atoms with Crippen molar-refractivity contribution in [1.29, 1.82) is 0 Å². The number of likely N-dealkylation sites (tertiary alicyclic amines) is 1. The van der Waals surface area contributed by atoms with Crippen LogP contribution in [0.15, 0.2) is 0 Å². The van der Waals surface area contributed by atoms with Gasteiger partial charge in [0.1, 0.15) is 0 Å². The summed E-state index contributed by atoms with van der Waals surface area (Å²) >= 11 is 0. The maximum atomic E-state index is 11.1. The van der Waals surface area contributed by atoms with Crippen LogP contribution < -0.4 is 20.0 Å². The number of hydrogen-bond donors (Lipinski definition) is 2. The molecule has 0 atom stereocenters. The molecule has 0 saturated carbocycles. The van der Waals surface area contributed by atoms with Crippen molar-refractivity contribution in [1.82, 2.24) is 30.2 Å². The Kier molecular flexibility index (Phi) is 10.4. The second-order valence-corrected chi connectivity index (χ2v) is 19.2. The van der Waals surface area contributed by atoms with Crippen LogP contribution in [0.4, 0.5) is 17.8 Å². The van der Waals surface area contributed by atoms with Gasteiger partial charge in [-0.3, -0.25) is 4.90 Å². The molecule has 0 radical (unpaired) electrons. The highest BCUT2D eigenvalue weighted by molar-refractivity contribution is 5.48. The largest absolute Gasteiger partial charge is 0.341 e. The minimum atomic E-state index is -0.374. The lowest BCUT2D eigenvalue weighted by Crippen LogP contribution is -2.63. The summed E-state index contributed by atoms with van der Waals surface area (Å²) in [6.07, 6.45) is 7.93. The first-order valence-corrected chi connectivity index (χ1v) is 18.3. The summed E-state index contributed by atoms with van der Waals surface area (Å²) < 4.78 is 0. The molecule has 10 nitrogen and oxygen atoms in total. The van der Waals surface area contributed by atoms with Gasteiger partial charge in [0.05, 0.1) is 0 Å². The van der Waals surface area contributed by atoms with Crippen molar-refractivity contribution >= 4 is 17.8 Å². The van der Waals surface area contributed by atoms with Crippen LogP contribution >= 0.6 is 0 Å². The summed E-state index contributed by atoms with van der Waals surface area (Å²) in [4.78, 5) is 25.7. The standard InChI is InChI=1S/C37H71N9O/c1-17-18-19-45(28-24-34(6,7)44(16)35(8,9)25-28)31-39-29(42(14)26-20-32(2,3)41-33(4,5)21-26)38-30(40-31)43(15)27-22-36(10,11)46(47)37(12,13)23-27/h26-28,41,47H,17-25H2,1-16H3. The maximum absolute atomic E-state index is 11.1. The Bertz CT molecular complexity index is 1190. The molecule has 4 rings (SSSR count). The Morgan fingerprint density at radius 2 is 1.02 bits per heavy atom. The lowest BCUT2D eigenvalue weighted by atomic mass is 9.77. The average molecular weight is 658 g/mol. The molecule has 270 valence electrons. The van der Waals surface area contributed by atoms with E-state index in [0.717, 1.165) is 75.8 Å². The summed E-state index contributed by atoms with van der Waals surface area (Å²) in [5.41, 5.74) is -0.647. The lowest BCUT2D eigenvalue weighted by Gasteiger charge is -2.55. The van der Waals surface area contributed by atoms with Crippen LogP contribution in [0.5, 0.6) is 0 Å². The Labute approximate surface area is 288 Å². The molecule has 4 heterocycles. The van der Waals surface area contributed by atoms with Crippen molar-refractivity contribution in [3.8, 4) is 0 Å². The summed E-state index contributed by atoms with van der Waals surface area (Å²) in [7, 11) is 6.60. The Morgan fingerprint density at radius 1 is 0.638 bits per heavy atom. The van der Waals surface area contributed by atoms with Crippen molar-refractivity contribution < 1.29 is 5.21 Å². The third kappa shape index (κ3) is 8.18. The predicted octanol–water partition coefficient (Wildman–Crippen LogP) is 6.72. The second-order valence-electron chi connectivity index (χ2n) is 19.2. The summed E-state index contributed by atoms with van der Waals surface area (Å²) in [6, 6.07) is 0.767. The van der Waals surface area contributed by atoms with Gasteiger partial charge in [0.25, 0.3) is 0 Å². The van der Waals surface area contributed by atoms with Gasteiger partial charge in [-0.2, -0.15) is 20.0 Å². The molecular formula is C37H71N9O. The molecule has 0 spiro atoms. The average Bonchev–Trinajstić information content (AvgIpc) is 2.91. The molecule has 0 bridgehead atoms. The van der Waals surface area contributed by atoms with Crippen LogP contribution in [-0.2, 0) is 0 Å². The first kappa shape index (κ1) is 38.1. The third-order valence-corrected chi connectivity index (χ3v) is 11.8. The Hall–Kier alpha value is -1.75. The highest BCUT2D eigenvalue weighted by Gasteiger charge is 2.48. The summed E-state index contributed by atoms with van der Waals surface area (Å²) in [5, 5.41) is 16.5. The molecule has 0 aliphatic carbocycles. The van der Waals surface area contributed by atoms with E-state index in [2.05, 4.69) is 136 Å². The van der Waals surface area contributed by atoms with Gasteiger partial charge in [0, 0.05) is 72.0 Å². The zero-order valence-electron chi connectivity index (χ0n) is 33.1. The first-order chi connectivity index (χ1) is 21.3. The van der Waals surface area contributed by atoms with Gasteiger partial charge in [0.2, 0.25) is 17.8 Å². The SMILES string of the molecule is CCCCN(c1nc(N(C)C2CC(C)(C)NC(C)(C)C2)nc(N(C)C2CC(C)(C)N(O)C(C)(C)C2)n1)C1CC(C)(C)N(C)C(C)(C)C1. The van der Waals surface area contributed by atoms with Gasteiger partial charge in [-0.25, -0.2) is 0 Å². The molecule has 3 saturated heterocycles. The molecule has 10 heteroatoms. The van der Waals surface area contributed by atoms with Crippen molar-refractivity contribution in [2.24, 2.45) is 0 Å². The smallest absolute Gasteiger partial charge is 0.232 e. The van der Waals surface area contributed by atoms with E-state index >= 15 is 0 Å². The van der Waals surface area contributed by atoms with Crippen LogP contribution in [0.2, 0.25) is 0 Å².